The standard InChI is InChI=1S/C15H17Cl2F2N5.HI/c1-20-15(22-8-13-21-5-6-24(13)14(18)19)23(2)9-10-3-4-11(16)12(17)7-10;/h3-7,14H,8-9H2,1-2H3,(H,20,22);1H. The van der Waals surface area contributed by atoms with Crippen LogP contribution in [0.15, 0.2) is 35.6 Å². The minimum absolute atomic E-state index is 0. The topological polar surface area (TPSA) is 45.5 Å². The molecular formula is C15H18Cl2F2IN5. The average molecular weight is 504 g/mol. The van der Waals surface area contributed by atoms with E-state index < -0.39 is 6.55 Å². The number of nitrogens with one attached hydrogen (secondary N) is 1. The van der Waals surface area contributed by atoms with Gasteiger partial charge >= 0.3 is 6.55 Å². The van der Waals surface area contributed by atoms with Crippen molar-refractivity contribution in [1.82, 2.24) is 19.8 Å². The van der Waals surface area contributed by atoms with Crippen LogP contribution in [0.2, 0.25) is 10.0 Å². The van der Waals surface area contributed by atoms with Crippen molar-refractivity contribution in [3.63, 3.8) is 0 Å². The summed E-state index contributed by atoms with van der Waals surface area (Å²) in [6, 6.07) is 5.36. The molecule has 138 valence electrons. The molecule has 1 heterocycles. The summed E-state index contributed by atoms with van der Waals surface area (Å²) in [5, 5.41) is 3.98. The van der Waals surface area contributed by atoms with Crippen LogP contribution in [0.3, 0.4) is 0 Å². The molecule has 2 aromatic rings. The van der Waals surface area contributed by atoms with Crippen molar-refractivity contribution < 1.29 is 8.78 Å². The second-order valence-electron chi connectivity index (χ2n) is 5.03. The molecule has 0 aliphatic heterocycles. The first-order valence-corrected chi connectivity index (χ1v) is 7.83. The summed E-state index contributed by atoms with van der Waals surface area (Å²) in [4.78, 5) is 9.91. The smallest absolute Gasteiger partial charge is 0.319 e. The Morgan fingerprint density at radius 1 is 1.36 bits per heavy atom. The van der Waals surface area contributed by atoms with E-state index in [0.29, 0.717) is 22.5 Å². The molecule has 1 N–H and O–H groups in total. The van der Waals surface area contributed by atoms with Crippen molar-refractivity contribution in [2.24, 2.45) is 4.99 Å². The predicted octanol–water partition coefficient (Wildman–Crippen LogP) is 4.41. The Morgan fingerprint density at radius 2 is 2.08 bits per heavy atom. The summed E-state index contributed by atoms with van der Waals surface area (Å²) in [7, 11) is 3.45. The van der Waals surface area contributed by atoms with E-state index in [4.69, 9.17) is 23.2 Å². The third-order valence-electron chi connectivity index (χ3n) is 3.34. The van der Waals surface area contributed by atoms with Crippen LogP contribution in [-0.2, 0) is 13.1 Å². The molecule has 0 bridgehead atoms. The molecule has 10 heteroatoms. The van der Waals surface area contributed by atoms with Gasteiger partial charge in [0.15, 0.2) is 5.96 Å². The molecule has 0 amide bonds. The summed E-state index contributed by atoms with van der Waals surface area (Å²) in [6.45, 7) is -1.96. The zero-order valence-corrected chi connectivity index (χ0v) is 17.4. The lowest BCUT2D eigenvalue weighted by molar-refractivity contribution is 0.0668. The molecule has 0 unspecified atom stereocenters. The van der Waals surface area contributed by atoms with Gasteiger partial charge in [-0.3, -0.25) is 9.56 Å². The number of benzene rings is 1. The molecule has 2 rings (SSSR count). The molecule has 5 nitrogen and oxygen atoms in total. The van der Waals surface area contributed by atoms with Crippen LogP contribution in [0.5, 0.6) is 0 Å². The highest BCUT2D eigenvalue weighted by Crippen LogP contribution is 2.23. The van der Waals surface area contributed by atoms with Crippen molar-refractivity contribution in [2.45, 2.75) is 19.6 Å². The van der Waals surface area contributed by atoms with Gasteiger partial charge in [0.05, 0.1) is 16.6 Å². The van der Waals surface area contributed by atoms with Gasteiger partial charge in [0.2, 0.25) is 0 Å². The van der Waals surface area contributed by atoms with E-state index >= 15 is 0 Å². The van der Waals surface area contributed by atoms with E-state index in [1.807, 2.05) is 18.0 Å². The van der Waals surface area contributed by atoms with Crippen LogP contribution < -0.4 is 5.32 Å². The normalized spacial score (nSPS) is 11.4. The Labute approximate surface area is 172 Å². The molecular weight excluding hydrogens is 486 g/mol. The van der Waals surface area contributed by atoms with Gasteiger partial charge in [0, 0.05) is 33.0 Å². The van der Waals surface area contributed by atoms with Gasteiger partial charge in [-0.25, -0.2) is 4.98 Å². The molecule has 0 radical (unpaired) electrons. The highest BCUT2D eigenvalue weighted by molar-refractivity contribution is 14.0. The number of aliphatic imine (C=N–C) groups is 1. The predicted molar refractivity (Wildman–Crippen MR) is 107 cm³/mol. The number of hydrogen-bond donors (Lipinski definition) is 1. The van der Waals surface area contributed by atoms with Gasteiger partial charge in [-0.15, -0.1) is 24.0 Å². The van der Waals surface area contributed by atoms with Crippen molar-refractivity contribution in [1.29, 1.82) is 0 Å². The van der Waals surface area contributed by atoms with Crippen LogP contribution in [0.1, 0.15) is 17.9 Å². The van der Waals surface area contributed by atoms with E-state index in [2.05, 4.69) is 15.3 Å². The monoisotopic (exact) mass is 503 g/mol. The van der Waals surface area contributed by atoms with Crippen molar-refractivity contribution in [3.8, 4) is 0 Å². The minimum atomic E-state index is -2.62. The molecule has 0 fully saturated rings. The quantitative estimate of drug-likeness (QED) is 0.373. The first-order valence-electron chi connectivity index (χ1n) is 7.08. The Kier molecular flexibility index (Phi) is 8.87. The van der Waals surface area contributed by atoms with Crippen molar-refractivity contribution in [2.75, 3.05) is 14.1 Å². The highest BCUT2D eigenvalue weighted by atomic mass is 127. The second-order valence-corrected chi connectivity index (χ2v) is 5.85. The molecule has 0 saturated carbocycles. The zero-order chi connectivity index (χ0) is 17.7. The fourth-order valence-corrected chi connectivity index (χ4v) is 2.51. The third kappa shape index (κ3) is 5.96. The van der Waals surface area contributed by atoms with Gasteiger partial charge in [-0.2, -0.15) is 8.78 Å². The maximum absolute atomic E-state index is 12.8. The lowest BCUT2D eigenvalue weighted by Gasteiger charge is -2.22. The lowest BCUT2D eigenvalue weighted by Crippen LogP contribution is -2.38. The van der Waals surface area contributed by atoms with E-state index in [0.717, 1.165) is 10.1 Å². The van der Waals surface area contributed by atoms with Gasteiger partial charge in [0.1, 0.15) is 5.82 Å². The van der Waals surface area contributed by atoms with Crippen LogP contribution in [0, 0.1) is 0 Å². The largest absolute Gasteiger partial charge is 0.349 e. The van der Waals surface area contributed by atoms with Gasteiger partial charge < -0.3 is 10.2 Å². The minimum Gasteiger partial charge on any atom is -0.349 e. The number of guanidine groups is 1. The number of alkyl halides is 2. The molecule has 25 heavy (non-hydrogen) atoms. The van der Waals surface area contributed by atoms with Gasteiger partial charge in [-0.1, -0.05) is 29.3 Å². The molecule has 0 spiro atoms. The summed E-state index contributed by atoms with van der Waals surface area (Å²) >= 11 is 11.9. The van der Waals surface area contributed by atoms with E-state index in [1.54, 1.807) is 19.2 Å². The molecule has 0 atom stereocenters. The Hall–Kier alpha value is -1.13. The van der Waals surface area contributed by atoms with Crippen molar-refractivity contribution >= 4 is 53.1 Å². The van der Waals surface area contributed by atoms with Gasteiger partial charge in [-0.05, 0) is 17.7 Å². The Morgan fingerprint density at radius 3 is 2.68 bits per heavy atom. The fourth-order valence-electron chi connectivity index (χ4n) is 2.19. The van der Waals surface area contributed by atoms with E-state index in [-0.39, 0.29) is 36.3 Å². The van der Waals surface area contributed by atoms with Crippen LogP contribution in [0.4, 0.5) is 8.78 Å². The first kappa shape index (κ1) is 21.9. The number of hydrogen-bond acceptors (Lipinski definition) is 2. The summed E-state index contributed by atoms with van der Waals surface area (Å²) in [5.41, 5.74) is 0.948. The van der Waals surface area contributed by atoms with Crippen LogP contribution in [0.25, 0.3) is 0 Å². The summed E-state index contributed by atoms with van der Waals surface area (Å²) in [5.74, 6) is 0.777. The van der Waals surface area contributed by atoms with Crippen molar-refractivity contribution in [3.05, 3.63) is 52.0 Å². The van der Waals surface area contributed by atoms with Crippen LogP contribution in [-0.4, -0.2) is 34.5 Å². The zero-order valence-electron chi connectivity index (χ0n) is 13.6. The number of nitrogens with zero attached hydrogens (tertiary/aromatic N) is 4. The molecule has 1 aromatic heterocycles. The molecule has 0 saturated heterocycles. The maximum Gasteiger partial charge on any atom is 0.319 e. The average Bonchev–Trinajstić information content (AvgIpc) is 3.00. The number of halogens is 5. The van der Waals surface area contributed by atoms with Gasteiger partial charge in [0.25, 0.3) is 0 Å². The summed E-state index contributed by atoms with van der Waals surface area (Å²) in [6.07, 6.45) is 2.58. The fraction of sp³-hybridized carbons (Fsp3) is 0.333. The Bertz CT molecular complexity index is 724. The second kappa shape index (κ2) is 10.1. The highest BCUT2D eigenvalue weighted by Gasteiger charge is 2.13. The lowest BCUT2D eigenvalue weighted by atomic mass is 10.2. The first-order chi connectivity index (χ1) is 11.4. The molecule has 0 aliphatic rings. The Balaban J connectivity index is 0.00000312. The number of aromatic nitrogens is 2. The maximum atomic E-state index is 12.8. The number of rotatable bonds is 5. The number of imidazole rings is 1. The van der Waals surface area contributed by atoms with Crippen LogP contribution >= 0.6 is 47.2 Å². The summed E-state index contributed by atoms with van der Waals surface area (Å²) < 4.78 is 26.4. The molecule has 1 aromatic carbocycles. The van der Waals surface area contributed by atoms with E-state index in [1.165, 1.54) is 12.4 Å². The van der Waals surface area contributed by atoms with E-state index in [9.17, 15) is 8.78 Å². The SMILES string of the molecule is CN=C(NCc1nccn1C(F)F)N(C)Cc1ccc(Cl)c(Cl)c1.I. The molecule has 0 aliphatic carbocycles. The third-order valence-corrected chi connectivity index (χ3v) is 4.08.